The molecular weight excluding hydrogens is 352 g/mol. The smallest absolute Gasteiger partial charge is 0.243 e. The van der Waals surface area contributed by atoms with E-state index in [-0.39, 0.29) is 12.5 Å². The molecule has 0 aliphatic heterocycles. The number of hydrogen-bond acceptors (Lipinski definition) is 4. The first-order valence-corrected chi connectivity index (χ1v) is 10.2. The molecule has 6 nitrogen and oxygen atoms in total. The highest BCUT2D eigenvalue weighted by Crippen LogP contribution is 2.20. The minimum Gasteiger partial charge on any atom is -0.492 e. The molecule has 0 heterocycles. The van der Waals surface area contributed by atoms with E-state index in [9.17, 15) is 13.2 Å². The Morgan fingerprint density at radius 1 is 1.12 bits per heavy atom. The van der Waals surface area contributed by atoms with Crippen molar-refractivity contribution in [1.82, 2.24) is 5.32 Å². The van der Waals surface area contributed by atoms with E-state index in [1.807, 2.05) is 31.2 Å². The maximum absolute atomic E-state index is 12.4. The molecule has 0 aliphatic carbocycles. The van der Waals surface area contributed by atoms with Gasteiger partial charge in [0.25, 0.3) is 0 Å². The lowest BCUT2D eigenvalue weighted by atomic mass is 10.2. The number of hydrogen-bond donors (Lipinski definition) is 1. The Bertz CT molecular complexity index is 820. The number of aryl methyl sites for hydroxylation is 1. The number of rotatable bonds is 8. The fourth-order valence-corrected chi connectivity index (χ4v) is 3.68. The van der Waals surface area contributed by atoms with Crippen LogP contribution in [0.25, 0.3) is 0 Å². The van der Waals surface area contributed by atoms with Crippen LogP contribution >= 0.6 is 0 Å². The molecule has 0 aliphatic rings. The second-order valence-electron chi connectivity index (χ2n) is 6.02. The molecule has 2 aromatic rings. The first-order chi connectivity index (χ1) is 12.3. The number of carbonyl (C=O) groups excluding carboxylic acids is 1. The van der Waals surface area contributed by atoms with Crippen LogP contribution in [0.2, 0.25) is 0 Å². The van der Waals surface area contributed by atoms with Gasteiger partial charge in [-0.05, 0) is 38.1 Å². The Morgan fingerprint density at radius 2 is 1.73 bits per heavy atom. The maximum Gasteiger partial charge on any atom is 0.243 e. The number of ether oxygens (including phenoxy) is 1. The van der Waals surface area contributed by atoms with Crippen molar-refractivity contribution in [3.63, 3.8) is 0 Å². The van der Waals surface area contributed by atoms with E-state index >= 15 is 0 Å². The van der Waals surface area contributed by atoms with Crippen LogP contribution in [0.1, 0.15) is 12.5 Å². The third kappa shape index (κ3) is 5.49. The summed E-state index contributed by atoms with van der Waals surface area (Å²) in [6, 6.07) is 15.3. The summed E-state index contributed by atoms with van der Waals surface area (Å²) in [7, 11) is -3.60. The molecule has 26 heavy (non-hydrogen) atoms. The summed E-state index contributed by atoms with van der Waals surface area (Å²) in [4.78, 5) is 12.4. The summed E-state index contributed by atoms with van der Waals surface area (Å²) in [5.41, 5.74) is 1.59. The van der Waals surface area contributed by atoms with Crippen LogP contribution < -0.4 is 14.4 Å². The molecule has 0 saturated heterocycles. The van der Waals surface area contributed by atoms with Gasteiger partial charge >= 0.3 is 0 Å². The van der Waals surface area contributed by atoms with Crippen molar-refractivity contribution in [2.75, 3.05) is 23.7 Å². The quantitative estimate of drug-likeness (QED) is 0.718. The lowest BCUT2D eigenvalue weighted by Gasteiger charge is -2.28. The molecule has 0 spiro atoms. The van der Waals surface area contributed by atoms with Crippen molar-refractivity contribution < 1.29 is 17.9 Å². The van der Waals surface area contributed by atoms with Gasteiger partial charge in [-0.1, -0.05) is 35.9 Å². The number of anilines is 1. The van der Waals surface area contributed by atoms with Gasteiger partial charge < -0.3 is 10.1 Å². The molecule has 0 bridgehead atoms. The predicted molar refractivity (Wildman–Crippen MR) is 103 cm³/mol. The van der Waals surface area contributed by atoms with Gasteiger partial charge in [-0.3, -0.25) is 9.10 Å². The van der Waals surface area contributed by atoms with Crippen molar-refractivity contribution in [3.05, 3.63) is 60.2 Å². The molecule has 0 aromatic heterocycles. The number of carbonyl (C=O) groups is 1. The molecule has 0 unspecified atom stereocenters. The molecule has 2 rings (SSSR count). The fourth-order valence-electron chi connectivity index (χ4n) is 2.51. The summed E-state index contributed by atoms with van der Waals surface area (Å²) < 4.78 is 31.0. The predicted octanol–water partition coefficient (Wildman–Crippen LogP) is 2.34. The van der Waals surface area contributed by atoms with Crippen LogP contribution in [0, 0.1) is 6.92 Å². The first-order valence-electron chi connectivity index (χ1n) is 8.30. The summed E-state index contributed by atoms with van der Waals surface area (Å²) in [6.07, 6.45) is 1.09. The molecule has 0 saturated carbocycles. The molecule has 1 amide bonds. The van der Waals surface area contributed by atoms with E-state index in [0.29, 0.717) is 12.3 Å². The molecular formula is C19H24N2O4S. The monoisotopic (exact) mass is 376 g/mol. The van der Waals surface area contributed by atoms with Crippen LogP contribution in [0.15, 0.2) is 54.6 Å². The molecule has 1 N–H and O–H groups in total. The zero-order chi connectivity index (χ0) is 19.2. The Labute approximate surface area is 154 Å². The van der Waals surface area contributed by atoms with Gasteiger partial charge in [-0.2, -0.15) is 0 Å². The van der Waals surface area contributed by atoms with E-state index in [4.69, 9.17) is 4.74 Å². The number of nitrogens with zero attached hydrogens (tertiary/aromatic N) is 1. The molecule has 2 aromatic carbocycles. The first kappa shape index (κ1) is 19.8. The second kappa shape index (κ2) is 8.71. The molecule has 7 heteroatoms. The minimum absolute atomic E-state index is 0.281. The van der Waals surface area contributed by atoms with Crippen LogP contribution in [-0.4, -0.2) is 39.8 Å². The lowest BCUT2D eigenvalue weighted by molar-refractivity contribution is -0.121. The number of amides is 1. The van der Waals surface area contributed by atoms with Gasteiger partial charge in [0, 0.05) is 0 Å². The topological polar surface area (TPSA) is 75.7 Å². The number of nitrogens with one attached hydrogen (secondary N) is 1. The summed E-state index contributed by atoms with van der Waals surface area (Å²) in [6.45, 7) is 4.13. The van der Waals surface area contributed by atoms with Crippen molar-refractivity contribution in [1.29, 1.82) is 0 Å². The SMILES string of the molecule is Cc1ccc(OCCNC(=O)[C@@H](C)N(c2ccccc2)S(C)(=O)=O)cc1. The highest BCUT2D eigenvalue weighted by atomic mass is 32.2. The molecule has 0 radical (unpaired) electrons. The highest BCUT2D eigenvalue weighted by Gasteiger charge is 2.28. The Kier molecular flexibility index (Phi) is 6.63. The van der Waals surface area contributed by atoms with Gasteiger partial charge in [0.15, 0.2) is 0 Å². The lowest BCUT2D eigenvalue weighted by Crippen LogP contribution is -2.48. The van der Waals surface area contributed by atoms with Crippen LogP contribution in [0.5, 0.6) is 5.75 Å². The molecule has 0 fully saturated rings. The summed E-state index contributed by atoms with van der Waals surface area (Å²) >= 11 is 0. The third-order valence-corrected chi connectivity index (χ3v) is 5.03. The van der Waals surface area contributed by atoms with Crippen molar-refractivity contribution in [2.24, 2.45) is 0 Å². The molecule has 1 atom stereocenters. The fraction of sp³-hybridized carbons (Fsp3) is 0.316. The minimum atomic E-state index is -3.60. The second-order valence-corrected chi connectivity index (χ2v) is 7.88. The number of sulfonamides is 1. The van der Waals surface area contributed by atoms with Crippen LogP contribution in [-0.2, 0) is 14.8 Å². The van der Waals surface area contributed by atoms with Gasteiger partial charge in [-0.15, -0.1) is 0 Å². The number of benzene rings is 2. The van der Waals surface area contributed by atoms with E-state index in [1.165, 1.54) is 0 Å². The van der Waals surface area contributed by atoms with E-state index < -0.39 is 16.1 Å². The zero-order valence-electron chi connectivity index (χ0n) is 15.2. The van der Waals surface area contributed by atoms with Gasteiger partial charge in [0.2, 0.25) is 15.9 Å². The van der Waals surface area contributed by atoms with Crippen LogP contribution in [0.4, 0.5) is 5.69 Å². The van der Waals surface area contributed by atoms with Gasteiger partial charge in [-0.25, -0.2) is 8.42 Å². The standard InChI is InChI=1S/C19H24N2O4S/c1-15-9-11-18(12-10-15)25-14-13-20-19(22)16(2)21(26(3,23)24)17-7-5-4-6-8-17/h4-12,16H,13-14H2,1-3H3,(H,20,22)/t16-/m1/s1. The van der Waals surface area contributed by atoms with Crippen molar-refractivity contribution >= 4 is 21.6 Å². The summed E-state index contributed by atoms with van der Waals surface area (Å²) in [5.74, 6) is 0.340. The zero-order valence-corrected chi connectivity index (χ0v) is 16.0. The largest absolute Gasteiger partial charge is 0.492 e. The Balaban J connectivity index is 1.93. The average molecular weight is 376 g/mol. The van der Waals surface area contributed by atoms with Gasteiger partial charge in [0.1, 0.15) is 18.4 Å². The average Bonchev–Trinajstić information content (AvgIpc) is 2.60. The summed E-state index contributed by atoms with van der Waals surface area (Å²) in [5, 5.41) is 2.72. The maximum atomic E-state index is 12.4. The highest BCUT2D eigenvalue weighted by molar-refractivity contribution is 7.92. The van der Waals surface area contributed by atoms with E-state index in [1.54, 1.807) is 37.3 Å². The third-order valence-electron chi connectivity index (χ3n) is 3.79. The molecule has 140 valence electrons. The van der Waals surface area contributed by atoms with E-state index in [0.717, 1.165) is 21.9 Å². The van der Waals surface area contributed by atoms with Gasteiger partial charge in [0.05, 0.1) is 18.5 Å². The number of para-hydroxylation sites is 1. The van der Waals surface area contributed by atoms with E-state index in [2.05, 4.69) is 5.32 Å². The Morgan fingerprint density at radius 3 is 2.31 bits per heavy atom. The van der Waals surface area contributed by atoms with Crippen LogP contribution in [0.3, 0.4) is 0 Å². The Hall–Kier alpha value is -2.54. The van der Waals surface area contributed by atoms with Crippen molar-refractivity contribution in [3.8, 4) is 5.75 Å². The van der Waals surface area contributed by atoms with Crippen molar-refractivity contribution in [2.45, 2.75) is 19.9 Å². The normalized spacial score (nSPS) is 12.3.